The summed E-state index contributed by atoms with van der Waals surface area (Å²) in [6.45, 7) is 4.00. The summed E-state index contributed by atoms with van der Waals surface area (Å²) in [6, 6.07) is 15.3. The Labute approximate surface area is 140 Å². The fourth-order valence-electron chi connectivity index (χ4n) is 2.62. The first-order valence-corrected chi connectivity index (χ1v) is 7.78. The number of carbonyl (C=O) groups excluding carboxylic acids is 1. The van der Waals surface area contributed by atoms with Gasteiger partial charge in [-0.15, -0.1) is 5.10 Å². The number of aryl methyl sites for hydroxylation is 2. The third kappa shape index (κ3) is 3.65. The Morgan fingerprint density at radius 1 is 1.17 bits per heavy atom. The molecule has 6 nitrogen and oxygen atoms in total. The summed E-state index contributed by atoms with van der Waals surface area (Å²) in [5.41, 5.74) is 4.04. The van der Waals surface area contributed by atoms with Gasteiger partial charge >= 0.3 is 0 Å². The summed E-state index contributed by atoms with van der Waals surface area (Å²) in [6.07, 6.45) is 1.98. The number of tetrazole rings is 1. The molecule has 3 rings (SSSR count). The van der Waals surface area contributed by atoms with E-state index >= 15 is 0 Å². The highest BCUT2D eigenvalue weighted by Gasteiger charge is 2.22. The summed E-state index contributed by atoms with van der Waals surface area (Å²) in [7, 11) is 0. The summed E-state index contributed by atoms with van der Waals surface area (Å²) >= 11 is 0. The molecule has 0 saturated carbocycles. The van der Waals surface area contributed by atoms with E-state index < -0.39 is 6.04 Å². The first kappa shape index (κ1) is 15.9. The molecule has 0 saturated heterocycles. The molecule has 6 heteroatoms. The van der Waals surface area contributed by atoms with E-state index in [1.165, 1.54) is 11.0 Å². The molecule has 3 aromatic rings. The maximum atomic E-state index is 12.8. The van der Waals surface area contributed by atoms with Crippen molar-refractivity contribution in [1.82, 2.24) is 20.2 Å². The minimum atomic E-state index is -0.511. The summed E-state index contributed by atoms with van der Waals surface area (Å²) < 4.78 is 1.49. The number of hydrogen-bond donors (Lipinski definition) is 1. The van der Waals surface area contributed by atoms with Crippen molar-refractivity contribution < 1.29 is 4.79 Å². The van der Waals surface area contributed by atoms with E-state index in [1.54, 1.807) is 0 Å². The van der Waals surface area contributed by atoms with Crippen molar-refractivity contribution in [3.8, 4) is 0 Å². The molecule has 1 N–H and O–H groups in total. The van der Waals surface area contributed by atoms with Crippen LogP contribution in [0.3, 0.4) is 0 Å². The Kier molecular flexibility index (Phi) is 4.65. The Bertz CT molecular complexity index is 815. The number of benzene rings is 2. The highest BCUT2D eigenvalue weighted by molar-refractivity contribution is 5.94. The Hall–Kier alpha value is -3.02. The monoisotopic (exact) mass is 321 g/mol. The number of hydrogen-bond acceptors (Lipinski definition) is 4. The number of aromatic nitrogens is 4. The molecule has 1 amide bonds. The van der Waals surface area contributed by atoms with E-state index in [9.17, 15) is 4.79 Å². The SMILES string of the molecule is Cc1ccc(NC(=O)[C@H](Cc2ccccc2)n2cnnn2)c(C)c1. The first-order valence-electron chi connectivity index (χ1n) is 7.78. The number of amides is 1. The predicted molar refractivity (Wildman–Crippen MR) is 91.5 cm³/mol. The van der Waals surface area contributed by atoms with Gasteiger partial charge in [0.05, 0.1) is 0 Å². The van der Waals surface area contributed by atoms with Crippen molar-refractivity contribution >= 4 is 11.6 Å². The molecule has 0 aliphatic carbocycles. The van der Waals surface area contributed by atoms with Gasteiger partial charge in [-0.05, 0) is 41.5 Å². The van der Waals surface area contributed by atoms with Crippen LogP contribution in [0.5, 0.6) is 0 Å². The summed E-state index contributed by atoms with van der Waals surface area (Å²) in [5, 5.41) is 14.2. The quantitative estimate of drug-likeness (QED) is 0.784. The zero-order valence-corrected chi connectivity index (χ0v) is 13.7. The van der Waals surface area contributed by atoms with Crippen molar-refractivity contribution in [3.05, 3.63) is 71.5 Å². The molecule has 0 bridgehead atoms. The molecular weight excluding hydrogens is 302 g/mol. The first-order chi connectivity index (χ1) is 11.6. The molecule has 0 aliphatic heterocycles. The summed E-state index contributed by atoms with van der Waals surface area (Å²) in [4.78, 5) is 12.8. The lowest BCUT2D eigenvalue weighted by atomic mass is 10.0. The third-order valence-electron chi connectivity index (χ3n) is 3.90. The number of carbonyl (C=O) groups is 1. The fraction of sp³-hybridized carbons (Fsp3) is 0.222. The number of nitrogens with one attached hydrogen (secondary N) is 1. The minimum Gasteiger partial charge on any atom is -0.324 e. The van der Waals surface area contributed by atoms with E-state index in [-0.39, 0.29) is 5.91 Å². The largest absolute Gasteiger partial charge is 0.324 e. The normalized spacial score (nSPS) is 11.9. The van der Waals surface area contributed by atoms with Gasteiger partial charge in [0.25, 0.3) is 0 Å². The highest BCUT2D eigenvalue weighted by Crippen LogP contribution is 2.20. The van der Waals surface area contributed by atoms with Crippen LogP contribution >= 0.6 is 0 Å². The van der Waals surface area contributed by atoms with Crippen molar-refractivity contribution in [2.24, 2.45) is 0 Å². The van der Waals surface area contributed by atoms with Crippen LogP contribution in [-0.4, -0.2) is 26.1 Å². The van der Waals surface area contributed by atoms with Gasteiger partial charge in [-0.2, -0.15) is 0 Å². The molecule has 1 atom stereocenters. The molecule has 2 aromatic carbocycles. The van der Waals surface area contributed by atoms with Crippen molar-refractivity contribution in [2.45, 2.75) is 26.3 Å². The highest BCUT2D eigenvalue weighted by atomic mass is 16.2. The Morgan fingerprint density at radius 2 is 1.96 bits per heavy atom. The van der Waals surface area contributed by atoms with Crippen LogP contribution in [0.2, 0.25) is 0 Å². The standard InChI is InChI=1S/C18H19N5O/c1-13-8-9-16(14(2)10-13)20-18(24)17(23-12-19-21-22-23)11-15-6-4-3-5-7-15/h3-10,12,17H,11H2,1-2H3,(H,20,24)/t17-/m0/s1. The fourth-order valence-corrected chi connectivity index (χ4v) is 2.62. The molecular formula is C18H19N5O. The molecule has 0 fully saturated rings. The third-order valence-corrected chi connectivity index (χ3v) is 3.90. The number of rotatable bonds is 5. The minimum absolute atomic E-state index is 0.141. The molecule has 0 radical (unpaired) electrons. The van der Waals surface area contributed by atoms with E-state index in [0.29, 0.717) is 6.42 Å². The van der Waals surface area contributed by atoms with Crippen LogP contribution in [0, 0.1) is 13.8 Å². The van der Waals surface area contributed by atoms with Crippen LogP contribution in [0.1, 0.15) is 22.7 Å². The van der Waals surface area contributed by atoms with Crippen LogP contribution in [0.25, 0.3) is 0 Å². The van der Waals surface area contributed by atoms with Crippen molar-refractivity contribution in [1.29, 1.82) is 0 Å². The molecule has 0 aliphatic rings. The number of nitrogens with zero attached hydrogens (tertiary/aromatic N) is 4. The zero-order valence-electron chi connectivity index (χ0n) is 13.7. The van der Waals surface area contributed by atoms with Crippen LogP contribution in [-0.2, 0) is 11.2 Å². The lowest BCUT2D eigenvalue weighted by molar-refractivity contribution is -0.119. The smallest absolute Gasteiger partial charge is 0.249 e. The van der Waals surface area contributed by atoms with Gasteiger partial charge in [-0.1, -0.05) is 48.0 Å². The van der Waals surface area contributed by atoms with Crippen molar-refractivity contribution in [2.75, 3.05) is 5.32 Å². The number of anilines is 1. The molecule has 122 valence electrons. The molecule has 1 aromatic heterocycles. The lowest BCUT2D eigenvalue weighted by Gasteiger charge is -2.17. The molecule has 0 unspecified atom stereocenters. The average molecular weight is 321 g/mol. The topological polar surface area (TPSA) is 72.7 Å². The van der Waals surface area contributed by atoms with Gasteiger partial charge < -0.3 is 5.32 Å². The van der Waals surface area contributed by atoms with E-state index in [4.69, 9.17) is 0 Å². The lowest BCUT2D eigenvalue weighted by Crippen LogP contribution is -2.28. The zero-order chi connectivity index (χ0) is 16.9. The van der Waals surface area contributed by atoms with Gasteiger partial charge in [0.2, 0.25) is 5.91 Å². The molecule has 24 heavy (non-hydrogen) atoms. The van der Waals surface area contributed by atoms with Gasteiger partial charge in [0.1, 0.15) is 12.4 Å². The Morgan fingerprint density at radius 3 is 2.62 bits per heavy atom. The maximum Gasteiger partial charge on any atom is 0.249 e. The van der Waals surface area contributed by atoms with E-state index in [1.807, 2.05) is 62.4 Å². The summed E-state index contributed by atoms with van der Waals surface area (Å²) in [5.74, 6) is -0.141. The van der Waals surface area contributed by atoms with Gasteiger partial charge in [-0.25, -0.2) is 4.68 Å². The molecule has 0 spiro atoms. The maximum absolute atomic E-state index is 12.8. The van der Waals surface area contributed by atoms with Crippen LogP contribution in [0.4, 0.5) is 5.69 Å². The van der Waals surface area contributed by atoms with Gasteiger partial charge in [0, 0.05) is 12.1 Å². The van der Waals surface area contributed by atoms with Crippen LogP contribution in [0.15, 0.2) is 54.9 Å². The Balaban J connectivity index is 1.83. The van der Waals surface area contributed by atoms with E-state index in [2.05, 4.69) is 20.8 Å². The predicted octanol–water partition coefficient (Wildman–Crippen LogP) is 2.71. The second-order valence-electron chi connectivity index (χ2n) is 5.80. The molecule has 1 heterocycles. The second kappa shape index (κ2) is 7.04. The van der Waals surface area contributed by atoms with Gasteiger partial charge in [0.15, 0.2) is 0 Å². The van der Waals surface area contributed by atoms with Gasteiger partial charge in [-0.3, -0.25) is 4.79 Å². The van der Waals surface area contributed by atoms with Crippen molar-refractivity contribution in [3.63, 3.8) is 0 Å². The average Bonchev–Trinajstić information content (AvgIpc) is 3.10. The van der Waals surface area contributed by atoms with Crippen LogP contribution < -0.4 is 5.32 Å². The van der Waals surface area contributed by atoms with E-state index in [0.717, 1.165) is 22.4 Å². The second-order valence-corrected chi connectivity index (χ2v) is 5.80.